The van der Waals surface area contributed by atoms with Crippen LogP contribution in [0.25, 0.3) is 0 Å². The van der Waals surface area contributed by atoms with Gasteiger partial charge in [-0.05, 0) is 19.9 Å². The monoisotopic (exact) mass is 151 g/mol. The van der Waals surface area contributed by atoms with Gasteiger partial charge in [-0.2, -0.15) is 0 Å². The van der Waals surface area contributed by atoms with Crippen molar-refractivity contribution in [3.05, 3.63) is 0 Å². The molecule has 1 aliphatic rings. The van der Waals surface area contributed by atoms with Crippen LogP contribution in [-0.4, -0.2) is 23.2 Å². The normalized spacial score (nSPS) is 32.1. The first-order valence-corrected chi connectivity index (χ1v) is 2.63. The van der Waals surface area contributed by atoms with E-state index in [2.05, 4.69) is 5.32 Å². The van der Waals surface area contributed by atoms with Crippen molar-refractivity contribution < 1.29 is 9.90 Å². The number of nitrogens with one attached hydrogen (secondary N) is 1. The Morgan fingerprint density at radius 3 is 2.22 bits per heavy atom. The summed E-state index contributed by atoms with van der Waals surface area (Å²) in [7, 11) is 0. The highest BCUT2D eigenvalue weighted by molar-refractivity contribution is 5.85. The van der Waals surface area contributed by atoms with E-state index in [1.165, 1.54) is 0 Å². The molecule has 2 N–H and O–H groups in total. The third-order valence-electron chi connectivity index (χ3n) is 1.61. The molecule has 0 spiro atoms. The van der Waals surface area contributed by atoms with Crippen molar-refractivity contribution in [2.24, 2.45) is 0 Å². The lowest BCUT2D eigenvalue weighted by Gasteiger charge is -2.35. The molecule has 0 aromatic rings. The third kappa shape index (κ3) is 1.34. The van der Waals surface area contributed by atoms with Gasteiger partial charge in [0.05, 0.1) is 0 Å². The first-order chi connectivity index (χ1) is 3.65. The highest BCUT2D eigenvalue weighted by atomic mass is 35.5. The Balaban J connectivity index is 0.000000640. The van der Waals surface area contributed by atoms with E-state index in [-0.39, 0.29) is 12.4 Å². The van der Waals surface area contributed by atoms with E-state index in [9.17, 15) is 4.79 Å². The number of hydrogen-bond acceptors (Lipinski definition) is 2. The van der Waals surface area contributed by atoms with Crippen molar-refractivity contribution in [1.82, 2.24) is 5.32 Å². The molecule has 9 heavy (non-hydrogen) atoms. The van der Waals surface area contributed by atoms with Gasteiger partial charge in [-0.25, -0.2) is 0 Å². The fourth-order valence-corrected chi connectivity index (χ4v) is 0.683. The molecule has 1 atom stereocenters. The zero-order valence-corrected chi connectivity index (χ0v) is 5.99. The Labute approximate surface area is 59.9 Å². The second kappa shape index (κ2) is 2.54. The molecule has 0 aromatic carbocycles. The van der Waals surface area contributed by atoms with Crippen molar-refractivity contribution in [3.63, 3.8) is 0 Å². The number of hydrogen-bond donors (Lipinski definition) is 2. The van der Waals surface area contributed by atoms with E-state index in [1.54, 1.807) is 6.92 Å². The van der Waals surface area contributed by atoms with Crippen LogP contribution in [0.15, 0.2) is 0 Å². The molecule has 0 amide bonds. The van der Waals surface area contributed by atoms with Gasteiger partial charge in [0, 0.05) is 0 Å². The van der Waals surface area contributed by atoms with E-state index in [4.69, 9.17) is 5.11 Å². The summed E-state index contributed by atoms with van der Waals surface area (Å²) in [4.78, 5) is 10.2. The van der Waals surface area contributed by atoms with Crippen molar-refractivity contribution in [1.29, 1.82) is 0 Å². The Hall–Kier alpha value is -0.280. The van der Waals surface area contributed by atoms with Crippen LogP contribution in [0.5, 0.6) is 0 Å². The van der Waals surface area contributed by atoms with E-state index in [0.29, 0.717) is 0 Å². The quantitative estimate of drug-likeness (QED) is 0.565. The molecule has 0 bridgehead atoms. The van der Waals surface area contributed by atoms with Gasteiger partial charge in [-0.1, -0.05) is 0 Å². The van der Waals surface area contributed by atoms with Crippen LogP contribution in [-0.2, 0) is 4.79 Å². The number of rotatable bonds is 1. The standard InChI is InChI=1S/C5H9NO2.ClH/c1-5(4(7)8)2-3-6-5;/h6H,2-3H2,1H3,(H,7,8);1H/t5-;/m0./s1. The van der Waals surface area contributed by atoms with E-state index in [1.807, 2.05) is 0 Å². The summed E-state index contributed by atoms with van der Waals surface area (Å²) in [5.74, 6) is -0.747. The van der Waals surface area contributed by atoms with Gasteiger partial charge in [0.1, 0.15) is 5.54 Å². The smallest absolute Gasteiger partial charge is 0.323 e. The van der Waals surface area contributed by atoms with Gasteiger partial charge < -0.3 is 10.4 Å². The van der Waals surface area contributed by atoms with E-state index in [0.717, 1.165) is 13.0 Å². The van der Waals surface area contributed by atoms with Gasteiger partial charge in [0.2, 0.25) is 0 Å². The molecule has 1 rings (SSSR count). The lowest BCUT2D eigenvalue weighted by molar-refractivity contribution is -0.147. The summed E-state index contributed by atoms with van der Waals surface area (Å²) in [5.41, 5.74) is -0.611. The molecule has 1 fully saturated rings. The summed E-state index contributed by atoms with van der Waals surface area (Å²) in [6.07, 6.45) is 0.752. The average molecular weight is 152 g/mol. The molecule has 1 aliphatic heterocycles. The second-order valence-corrected chi connectivity index (χ2v) is 2.31. The number of halogens is 1. The maximum atomic E-state index is 10.2. The fraction of sp³-hybridized carbons (Fsp3) is 0.800. The molecule has 0 saturated carbocycles. The predicted molar refractivity (Wildman–Crippen MR) is 35.9 cm³/mol. The van der Waals surface area contributed by atoms with Crippen LogP contribution < -0.4 is 5.32 Å². The molecular formula is C5H10ClNO2. The van der Waals surface area contributed by atoms with Crippen LogP contribution >= 0.6 is 12.4 Å². The molecule has 0 radical (unpaired) electrons. The number of carboxylic acids is 1. The predicted octanol–water partition coefficient (Wildman–Crippen LogP) is 0.245. The first-order valence-electron chi connectivity index (χ1n) is 2.63. The van der Waals surface area contributed by atoms with Gasteiger partial charge in [-0.15, -0.1) is 12.4 Å². The van der Waals surface area contributed by atoms with E-state index < -0.39 is 11.5 Å². The summed E-state index contributed by atoms with van der Waals surface area (Å²) in [6.45, 7) is 2.53. The number of carbonyl (C=O) groups is 1. The Morgan fingerprint density at radius 1 is 1.78 bits per heavy atom. The van der Waals surface area contributed by atoms with E-state index >= 15 is 0 Å². The minimum atomic E-state index is -0.747. The largest absolute Gasteiger partial charge is 0.480 e. The van der Waals surface area contributed by atoms with Gasteiger partial charge in [-0.3, -0.25) is 4.79 Å². The maximum Gasteiger partial charge on any atom is 0.323 e. The molecule has 1 saturated heterocycles. The van der Waals surface area contributed by atoms with Crippen molar-refractivity contribution in [2.45, 2.75) is 18.9 Å². The zero-order valence-electron chi connectivity index (χ0n) is 5.18. The molecule has 0 aromatic heterocycles. The minimum Gasteiger partial charge on any atom is -0.480 e. The maximum absolute atomic E-state index is 10.2. The van der Waals surface area contributed by atoms with Crippen molar-refractivity contribution in [2.75, 3.05) is 6.54 Å². The lowest BCUT2D eigenvalue weighted by atomic mass is 9.91. The van der Waals surface area contributed by atoms with Gasteiger partial charge in [0.15, 0.2) is 0 Å². The SMILES string of the molecule is C[C@@]1(C(=O)O)CCN1.Cl. The second-order valence-electron chi connectivity index (χ2n) is 2.31. The fourth-order valence-electron chi connectivity index (χ4n) is 0.683. The summed E-state index contributed by atoms with van der Waals surface area (Å²) >= 11 is 0. The lowest BCUT2D eigenvalue weighted by Crippen LogP contribution is -2.59. The molecule has 54 valence electrons. The molecular weight excluding hydrogens is 142 g/mol. The van der Waals surface area contributed by atoms with Crippen molar-refractivity contribution >= 4 is 18.4 Å². The van der Waals surface area contributed by atoms with Crippen LogP contribution in [0, 0.1) is 0 Å². The Bertz CT molecular complexity index is 122. The number of carboxylic acid groups (broad SMARTS) is 1. The Kier molecular flexibility index (Phi) is 2.46. The first kappa shape index (κ1) is 8.72. The van der Waals surface area contributed by atoms with Crippen molar-refractivity contribution in [3.8, 4) is 0 Å². The highest BCUT2D eigenvalue weighted by Crippen LogP contribution is 2.16. The van der Waals surface area contributed by atoms with Crippen LogP contribution in [0.3, 0.4) is 0 Å². The summed E-state index contributed by atoms with van der Waals surface area (Å²) in [6, 6.07) is 0. The zero-order chi connectivity index (χ0) is 6.20. The number of aliphatic carboxylic acids is 1. The minimum absolute atomic E-state index is 0. The molecule has 0 aliphatic carbocycles. The summed E-state index contributed by atoms with van der Waals surface area (Å²) < 4.78 is 0. The van der Waals surface area contributed by atoms with Crippen LogP contribution in [0.2, 0.25) is 0 Å². The topological polar surface area (TPSA) is 49.3 Å². The highest BCUT2D eigenvalue weighted by Gasteiger charge is 2.38. The van der Waals surface area contributed by atoms with Gasteiger partial charge in [0.25, 0.3) is 0 Å². The summed E-state index contributed by atoms with van der Waals surface area (Å²) in [5, 5.41) is 11.3. The van der Waals surface area contributed by atoms with Crippen LogP contribution in [0.1, 0.15) is 13.3 Å². The van der Waals surface area contributed by atoms with Gasteiger partial charge >= 0.3 is 5.97 Å². The Morgan fingerprint density at radius 2 is 2.22 bits per heavy atom. The molecule has 1 heterocycles. The molecule has 0 unspecified atom stereocenters. The van der Waals surface area contributed by atoms with Crippen LogP contribution in [0.4, 0.5) is 0 Å². The average Bonchev–Trinajstić information content (AvgIpc) is 1.60. The third-order valence-corrected chi connectivity index (χ3v) is 1.61. The molecule has 4 heteroatoms. The molecule has 3 nitrogen and oxygen atoms in total.